The van der Waals surface area contributed by atoms with Crippen LogP contribution < -0.4 is 14.2 Å². The number of aliphatic imine (C=N–C) groups is 1. The predicted octanol–water partition coefficient (Wildman–Crippen LogP) is 4.52. The van der Waals surface area contributed by atoms with Crippen LogP contribution in [0.5, 0.6) is 11.5 Å². The van der Waals surface area contributed by atoms with Crippen molar-refractivity contribution in [1.82, 2.24) is 4.31 Å². The second-order valence-electron chi connectivity index (χ2n) is 7.64. The van der Waals surface area contributed by atoms with E-state index in [4.69, 9.17) is 9.47 Å². The Kier molecular flexibility index (Phi) is 6.48. The van der Waals surface area contributed by atoms with E-state index in [2.05, 4.69) is 9.71 Å². The summed E-state index contributed by atoms with van der Waals surface area (Å²) >= 11 is 0. The molecule has 2 aromatic rings. The summed E-state index contributed by atoms with van der Waals surface area (Å²) in [5.74, 6) is 0.461. The maximum absolute atomic E-state index is 15.0. The van der Waals surface area contributed by atoms with Gasteiger partial charge in [0.25, 0.3) is 0 Å². The minimum Gasteiger partial charge on any atom is -0.493 e. The molecule has 9 heteroatoms. The van der Waals surface area contributed by atoms with Gasteiger partial charge in [0, 0.05) is 30.9 Å². The number of benzene rings is 2. The van der Waals surface area contributed by atoms with Crippen molar-refractivity contribution in [3.8, 4) is 11.5 Å². The molecule has 2 aliphatic heterocycles. The van der Waals surface area contributed by atoms with E-state index in [9.17, 15) is 12.8 Å². The molecule has 32 heavy (non-hydrogen) atoms. The average molecular weight is 460 g/mol. The molecule has 1 saturated heterocycles. The smallest absolute Gasteiger partial charge is 0.301 e. The normalized spacial score (nSPS) is 16.7. The number of halogens is 1. The molecule has 2 aromatic carbocycles. The number of nitrogens with one attached hydrogen (secondary N) is 1. The SMILES string of the molecule is COc1cc2c(cc1OC)C(c1ccc(NS(=O)(=O)N3CCCC3)c(F)c1)=CCCC=N2. The molecule has 1 N–H and O–H groups in total. The third-order valence-corrected chi connectivity index (χ3v) is 7.11. The number of methoxy groups -OCH3 is 2. The Hall–Kier alpha value is -2.91. The Bertz CT molecular complexity index is 1170. The molecule has 0 atom stereocenters. The summed E-state index contributed by atoms with van der Waals surface area (Å²) in [7, 11) is -0.653. The van der Waals surface area contributed by atoms with Crippen LogP contribution in [0.2, 0.25) is 0 Å². The van der Waals surface area contributed by atoms with Crippen molar-refractivity contribution in [3.63, 3.8) is 0 Å². The Morgan fingerprint density at radius 2 is 1.75 bits per heavy atom. The van der Waals surface area contributed by atoms with E-state index in [-0.39, 0.29) is 5.69 Å². The number of hydrogen-bond donors (Lipinski definition) is 1. The number of ether oxygens (including phenoxy) is 2. The van der Waals surface area contributed by atoms with Crippen molar-refractivity contribution in [3.05, 3.63) is 53.4 Å². The quantitative estimate of drug-likeness (QED) is 0.689. The second kappa shape index (κ2) is 9.30. The molecule has 2 heterocycles. The Morgan fingerprint density at radius 1 is 1.03 bits per heavy atom. The predicted molar refractivity (Wildman–Crippen MR) is 124 cm³/mol. The lowest BCUT2D eigenvalue weighted by molar-refractivity contribution is 0.355. The van der Waals surface area contributed by atoms with Crippen LogP contribution in [-0.4, -0.2) is 46.2 Å². The molecule has 0 bridgehead atoms. The fourth-order valence-corrected chi connectivity index (χ4v) is 5.25. The molecule has 0 aromatic heterocycles. The van der Waals surface area contributed by atoms with E-state index < -0.39 is 16.0 Å². The van der Waals surface area contributed by atoms with Gasteiger partial charge in [0.1, 0.15) is 5.82 Å². The fraction of sp³-hybridized carbons (Fsp3) is 0.348. The lowest BCUT2D eigenvalue weighted by atomic mass is 9.93. The fourth-order valence-electron chi connectivity index (χ4n) is 3.94. The van der Waals surface area contributed by atoms with E-state index in [1.807, 2.05) is 18.4 Å². The molecular weight excluding hydrogens is 433 g/mol. The van der Waals surface area contributed by atoms with Crippen LogP contribution >= 0.6 is 0 Å². The molecule has 7 nitrogen and oxygen atoms in total. The van der Waals surface area contributed by atoms with Crippen molar-refractivity contribution in [2.24, 2.45) is 4.99 Å². The monoisotopic (exact) mass is 459 g/mol. The Labute approximate surface area is 187 Å². The van der Waals surface area contributed by atoms with Crippen LogP contribution in [0.25, 0.3) is 5.57 Å². The van der Waals surface area contributed by atoms with Gasteiger partial charge in [-0.15, -0.1) is 0 Å². The summed E-state index contributed by atoms with van der Waals surface area (Å²) in [6, 6.07) is 8.13. The highest BCUT2D eigenvalue weighted by Gasteiger charge is 2.26. The van der Waals surface area contributed by atoms with Gasteiger partial charge in [0.2, 0.25) is 0 Å². The molecule has 4 rings (SSSR count). The molecule has 0 aliphatic carbocycles. The number of rotatable bonds is 6. The molecular formula is C23H26FN3O4S. The zero-order valence-corrected chi connectivity index (χ0v) is 18.9. The van der Waals surface area contributed by atoms with E-state index in [1.54, 1.807) is 26.4 Å². The summed E-state index contributed by atoms with van der Waals surface area (Å²) in [4.78, 5) is 4.55. The number of allylic oxidation sites excluding steroid dienone is 1. The standard InChI is InChI=1S/C23H26FN3O4S/c1-30-22-14-18-17(7-3-4-10-25-21(18)15-23(22)31-2)16-8-9-20(19(24)13-16)26-32(28,29)27-11-5-6-12-27/h7-10,13-15,26H,3-6,11-12H2,1-2H3. The molecule has 0 unspecified atom stereocenters. The van der Waals surface area contributed by atoms with Gasteiger partial charge in [-0.3, -0.25) is 9.71 Å². The van der Waals surface area contributed by atoms with Crippen molar-refractivity contribution < 1.29 is 22.3 Å². The Morgan fingerprint density at radius 3 is 2.44 bits per heavy atom. The lowest BCUT2D eigenvalue weighted by Crippen LogP contribution is -2.33. The first-order valence-electron chi connectivity index (χ1n) is 10.5. The van der Waals surface area contributed by atoms with Gasteiger partial charge in [-0.1, -0.05) is 12.1 Å². The van der Waals surface area contributed by atoms with Gasteiger partial charge in [0.05, 0.1) is 25.6 Å². The van der Waals surface area contributed by atoms with Crippen molar-refractivity contribution >= 4 is 33.4 Å². The van der Waals surface area contributed by atoms with E-state index in [1.165, 1.54) is 16.4 Å². The summed E-state index contributed by atoms with van der Waals surface area (Å²) in [5, 5.41) is 0. The van der Waals surface area contributed by atoms with E-state index >= 15 is 0 Å². The van der Waals surface area contributed by atoms with E-state index in [0.717, 1.165) is 36.8 Å². The van der Waals surface area contributed by atoms with Gasteiger partial charge >= 0.3 is 10.2 Å². The highest BCUT2D eigenvalue weighted by atomic mass is 32.2. The number of nitrogens with zero attached hydrogens (tertiary/aromatic N) is 2. The Balaban J connectivity index is 1.71. The van der Waals surface area contributed by atoms with Crippen LogP contribution in [-0.2, 0) is 10.2 Å². The molecule has 1 fully saturated rings. The molecule has 170 valence electrons. The average Bonchev–Trinajstić information content (AvgIpc) is 3.31. The van der Waals surface area contributed by atoms with E-state index in [0.29, 0.717) is 35.8 Å². The van der Waals surface area contributed by atoms with Gasteiger partial charge in [-0.25, -0.2) is 4.39 Å². The molecule has 0 radical (unpaired) electrons. The van der Waals surface area contributed by atoms with Crippen molar-refractivity contribution in [2.75, 3.05) is 32.0 Å². The van der Waals surface area contributed by atoms with Crippen LogP contribution in [0, 0.1) is 5.82 Å². The summed E-state index contributed by atoms with van der Waals surface area (Å²) in [6.45, 7) is 0.898. The largest absolute Gasteiger partial charge is 0.493 e. The molecule has 0 spiro atoms. The minimum atomic E-state index is -3.77. The molecule has 0 saturated carbocycles. The van der Waals surface area contributed by atoms with Gasteiger partial charge in [-0.2, -0.15) is 12.7 Å². The van der Waals surface area contributed by atoms with Gasteiger partial charge in [0.15, 0.2) is 11.5 Å². The summed E-state index contributed by atoms with van der Waals surface area (Å²) in [6.07, 6.45) is 6.97. The highest BCUT2D eigenvalue weighted by Crippen LogP contribution is 2.41. The number of hydrogen-bond acceptors (Lipinski definition) is 5. The van der Waals surface area contributed by atoms with Crippen LogP contribution in [0.1, 0.15) is 36.8 Å². The maximum Gasteiger partial charge on any atom is 0.301 e. The maximum atomic E-state index is 15.0. The number of anilines is 1. The lowest BCUT2D eigenvalue weighted by Gasteiger charge is -2.19. The first-order valence-corrected chi connectivity index (χ1v) is 11.9. The third-order valence-electron chi connectivity index (χ3n) is 5.59. The van der Waals surface area contributed by atoms with Gasteiger partial charge < -0.3 is 9.47 Å². The summed E-state index contributed by atoms with van der Waals surface area (Å²) < 4.78 is 54.6. The van der Waals surface area contributed by atoms with Crippen molar-refractivity contribution in [1.29, 1.82) is 0 Å². The second-order valence-corrected chi connectivity index (χ2v) is 9.31. The third kappa shape index (κ3) is 4.49. The topological polar surface area (TPSA) is 80.2 Å². The van der Waals surface area contributed by atoms with Crippen molar-refractivity contribution in [2.45, 2.75) is 25.7 Å². The van der Waals surface area contributed by atoms with Crippen LogP contribution in [0.4, 0.5) is 15.8 Å². The van der Waals surface area contributed by atoms with Crippen LogP contribution in [0.15, 0.2) is 41.4 Å². The van der Waals surface area contributed by atoms with Crippen LogP contribution in [0.3, 0.4) is 0 Å². The molecule has 2 aliphatic rings. The highest BCUT2D eigenvalue weighted by molar-refractivity contribution is 7.90. The molecule has 0 amide bonds. The zero-order chi connectivity index (χ0) is 22.7. The first-order chi connectivity index (χ1) is 15.4. The van der Waals surface area contributed by atoms with Gasteiger partial charge in [-0.05, 0) is 55.0 Å². The first kappa shape index (κ1) is 22.3. The number of fused-ring (bicyclic) bond motifs is 1. The zero-order valence-electron chi connectivity index (χ0n) is 18.1. The summed E-state index contributed by atoms with van der Waals surface area (Å²) in [5.41, 5.74) is 2.82. The minimum absolute atomic E-state index is 0.0716.